The molecule has 0 aliphatic carbocycles. The fourth-order valence-electron chi connectivity index (χ4n) is 1.23. The van der Waals surface area contributed by atoms with Gasteiger partial charge >= 0.3 is 5.97 Å². The van der Waals surface area contributed by atoms with Gasteiger partial charge in [-0.25, -0.2) is 4.79 Å². The molecule has 0 aliphatic rings. The van der Waals surface area contributed by atoms with E-state index in [-0.39, 0.29) is 11.5 Å². The number of quaternary nitrogens is 1. The van der Waals surface area contributed by atoms with E-state index in [0.29, 0.717) is 6.42 Å². The Kier molecular flexibility index (Phi) is 3.51. The minimum atomic E-state index is -0.515. The standard InChI is InChI=1S/C10H13NO4/c1-15-10(14)7(11)4-6-2-3-8(12)9(13)5-6/h2-3,5,7,12-13H,4,11H2,1H3/p+1/t7-/m1/s1. The maximum atomic E-state index is 11.1. The molecule has 82 valence electrons. The van der Waals surface area contributed by atoms with Gasteiger partial charge in [0.1, 0.15) is 0 Å². The van der Waals surface area contributed by atoms with Gasteiger partial charge in [0, 0.05) is 6.42 Å². The summed E-state index contributed by atoms with van der Waals surface area (Å²) in [5.74, 6) is -0.787. The Morgan fingerprint density at radius 3 is 2.67 bits per heavy atom. The second-order valence-corrected chi connectivity index (χ2v) is 3.25. The minimum Gasteiger partial charge on any atom is -0.504 e. The molecule has 5 N–H and O–H groups in total. The van der Waals surface area contributed by atoms with Crippen molar-refractivity contribution in [2.75, 3.05) is 7.11 Å². The van der Waals surface area contributed by atoms with Crippen LogP contribution >= 0.6 is 0 Å². The molecule has 0 heterocycles. The number of aromatic hydroxyl groups is 2. The maximum absolute atomic E-state index is 11.1. The van der Waals surface area contributed by atoms with E-state index >= 15 is 0 Å². The normalized spacial score (nSPS) is 12.1. The smallest absolute Gasteiger partial charge is 0.364 e. The number of carbonyl (C=O) groups excluding carboxylic acids is 1. The molecule has 15 heavy (non-hydrogen) atoms. The van der Waals surface area contributed by atoms with Gasteiger partial charge in [-0.1, -0.05) is 6.07 Å². The third-order valence-corrected chi connectivity index (χ3v) is 2.06. The van der Waals surface area contributed by atoms with Gasteiger partial charge in [0.25, 0.3) is 0 Å². The Morgan fingerprint density at radius 1 is 1.47 bits per heavy atom. The van der Waals surface area contributed by atoms with Gasteiger partial charge in [-0.05, 0) is 17.7 Å². The van der Waals surface area contributed by atoms with Crippen molar-refractivity contribution < 1.29 is 25.5 Å². The fraction of sp³-hybridized carbons (Fsp3) is 0.300. The van der Waals surface area contributed by atoms with Crippen LogP contribution < -0.4 is 5.73 Å². The lowest BCUT2D eigenvalue weighted by molar-refractivity contribution is -0.407. The van der Waals surface area contributed by atoms with Gasteiger partial charge in [-0.15, -0.1) is 0 Å². The number of hydrogen-bond acceptors (Lipinski definition) is 4. The molecule has 1 aromatic rings. The molecule has 0 aliphatic heterocycles. The predicted octanol–water partition coefficient (Wildman–Crippen LogP) is -0.576. The lowest BCUT2D eigenvalue weighted by Crippen LogP contribution is -2.66. The fourth-order valence-corrected chi connectivity index (χ4v) is 1.23. The quantitative estimate of drug-likeness (QED) is 0.461. The highest BCUT2D eigenvalue weighted by molar-refractivity contribution is 5.74. The van der Waals surface area contributed by atoms with E-state index in [4.69, 9.17) is 5.11 Å². The van der Waals surface area contributed by atoms with E-state index in [1.165, 1.54) is 19.2 Å². The van der Waals surface area contributed by atoms with Crippen molar-refractivity contribution in [2.45, 2.75) is 12.5 Å². The Morgan fingerprint density at radius 2 is 2.13 bits per heavy atom. The van der Waals surface area contributed by atoms with Crippen LogP contribution in [0.25, 0.3) is 0 Å². The molecule has 5 heteroatoms. The third-order valence-electron chi connectivity index (χ3n) is 2.06. The average Bonchev–Trinajstić information content (AvgIpc) is 2.22. The average molecular weight is 212 g/mol. The number of phenolic OH excluding ortho intramolecular Hbond substituents is 2. The van der Waals surface area contributed by atoms with Crippen LogP contribution in [0.3, 0.4) is 0 Å². The Labute approximate surface area is 87.1 Å². The first-order chi connectivity index (χ1) is 7.04. The van der Waals surface area contributed by atoms with E-state index in [2.05, 4.69) is 10.5 Å². The summed E-state index contributed by atoms with van der Waals surface area (Å²) in [6, 6.07) is 3.88. The molecule has 0 saturated carbocycles. The maximum Gasteiger partial charge on any atom is 0.364 e. The molecule has 1 atom stereocenters. The molecule has 0 spiro atoms. The van der Waals surface area contributed by atoms with Crippen LogP contribution in [0.2, 0.25) is 0 Å². The van der Waals surface area contributed by atoms with Gasteiger partial charge in [0.05, 0.1) is 7.11 Å². The second-order valence-electron chi connectivity index (χ2n) is 3.25. The SMILES string of the molecule is COC(=O)[C@H]([NH3+])Cc1ccc(O)c(O)c1. The zero-order valence-corrected chi connectivity index (χ0v) is 8.43. The van der Waals surface area contributed by atoms with E-state index in [1.54, 1.807) is 6.07 Å². The monoisotopic (exact) mass is 212 g/mol. The van der Waals surface area contributed by atoms with Crippen molar-refractivity contribution in [3.8, 4) is 11.5 Å². The van der Waals surface area contributed by atoms with E-state index < -0.39 is 12.0 Å². The van der Waals surface area contributed by atoms with Gasteiger partial charge in [-0.2, -0.15) is 0 Å². The highest BCUT2D eigenvalue weighted by Gasteiger charge is 2.18. The van der Waals surface area contributed by atoms with Gasteiger partial charge in [-0.3, -0.25) is 0 Å². The topological polar surface area (TPSA) is 94.4 Å². The van der Waals surface area contributed by atoms with Gasteiger partial charge < -0.3 is 20.7 Å². The van der Waals surface area contributed by atoms with Crippen molar-refractivity contribution in [2.24, 2.45) is 0 Å². The zero-order chi connectivity index (χ0) is 11.4. The van der Waals surface area contributed by atoms with E-state index in [9.17, 15) is 9.90 Å². The molecule has 0 fully saturated rings. The van der Waals surface area contributed by atoms with Crippen LogP contribution in [0.5, 0.6) is 11.5 Å². The first-order valence-electron chi connectivity index (χ1n) is 4.46. The van der Waals surface area contributed by atoms with Crippen LogP contribution in [0.1, 0.15) is 5.56 Å². The third kappa shape index (κ3) is 2.85. The molecular formula is C10H14NO4+. The molecule has 0 bridgehead atoms. The number of phenols is 2. The summed E-state index contributed by atoms with van der Waals surface area (Å²) in [5, 5.41) is 18.3. The summed E-state index contributed by atoms with van der Waals surface area (Å²) in [4.78, 5) is 11.1. The molecule has 0 unspecified atom stereocenters. The van der Waals surface area contributed by atoms with E-state index in [1.807, 2.05) is 0 Å². The number of rotatable bonds is 3. The summed E-state index contributed by atoms with van der Waals surface area (Å²) in [6.45, 7) is 0. The lowest BCUT2D eigenvalue weighted by Gasteiger charge is -2.07. The number of methoxy groups -OCH3 is 1. The summed E-state index contributed by atoms with van der Waals surface area (Å²) >= 11 is 0. The molecule has 0 amide bonds. The number of esters is 1. The molecular weight excluding hydrogens is 198 g/mol. The number of benzene rings is 1. The summed E-state index contributed by atoms with van der Waals surface area (Å²) < 4.78 is 4.52. The van der Waals surface area contributed by atoms with Crippen LogP contribution in [0.4, 0.5) is 0 Å². The van der Waals surface area contributed by atoms with Crippen molar-refractivity contribution in [3.63, 3.8) is 0 Å². The molecule has 5 nitrogen and oxygen atoms in total. The summed E-state index contributed by atoms with van der Waals surface area (Å²) in [5.41, 5.74) is 4.36. The van der Waals surface area contributed by atoms with Gasteiger partial charge in [0.2, 0.25) is 0 Å². The molecule has 0 saturated heterocycles. The van der Waals surface area contributed by atoms with Crippen LogP contribution in [-0.2, 0) is 16.0 Å². The number of hydrogen-bond donors (Lipinski definition) is 3. The highest BCUT2D eigenvalue weighted by Crippen LogP contribution is 2.25. The molecule has 1 aromatic carbocycles. The van der Waals surface area contributed by atoms with Crippen LogP contribution in [0.15, 0.2) is 18.2 Å². The van der Waals surface area contributed by atoms with Crippen LogP contribution in [-0.4, -0.2) is 29.3 Å². The Hall–Kier alpha value is -1.75. The molecule has 1 rings (SSSR count). The van der Waals surface area contributed by atoms with Crippen molar-refractivity contribution in [1.29, 1.82) is 0 Å². The summed E-state index contributed by atoms with van der Waals surface area (Å²) in [6.07, 6.45) is 0.362. The Bertz CT molecular complexity index is 364. The molecule has 0 aromatic heterocycles. The van der Waals surface area contributed by atoms with E-state index in [0.717, 1.165) is 5.56 Å². The molecule has 0 radical (unpaired) electrons. The predicted molar refractivity (Wildman–Crippen MR) is 52.2 cm³/mol. The first kappa shape index (κ1) is 11.3. The van der Waals surface area contributed by atoms with Crippen molar-refractivity contribution >= 4 is 5.97 Å². The van der Waals surface area contributed by atoms with Crippen molar-refractivity contribution in [1.82, 2.24) is 0 Å². The number of ether oxygens (including phenoxy) is 1. The van der Waals surface area contributed by atoms with Gasteiger partial charge in [0.15, 0.2) is 17.5 Å². The zero-order valence-electron chi connectivity index (χ0n) is 8.43. The largest absolute Gasteiger partial charge is 0.504 e. The van der Waals surface area contributed by atoms with Crippen molar-refractivity contribution in [3.05, 3.63) is 23.8 Å². The number of carbonyl (C=O) groups is 1. The first-order valence-corrected chi connectivity index (χ1v) is 4.46. The second kappa shape index (κ2) is 4.65. The van der Waals surface area contributed by atoms with Crippen LogP contribution in [0, 0.1) is 0 Å². The summed E-state index contributed by atoms with van der Waals surface area (Å²) in [7, 11) is 1.30. The highest BCUT2D eigenvalue weighted by atomic mass is 16.5. The lowest BCUT2D eigenvalue weighted by atomic mass is 10.1. The Balaban J connectivity index is 2.73. The minimum absolute atomic E-state index is 0.183.